The van der Waals surface area contributed by atoms with E-state index in [2.05, 4.69) is 37.5 Å². The van der Waals surface area contributed by atoms with Crippen LogP contribution in [-0.4, -0.2) is 16.6 Å². The SMILES string of the molecule is CC(=NNC(=O)c1ccc(CSc2nc3ccccc3s2)cc1)c1ccccc1Br. The first-order valence-electron chi connectivity index (χ1n) is 9.27. The molecule has 0 saturated carbocycles. The lowest BCUT2D eigenvalue weighted by atomic mass is 10.1. The minimum absolute atomic E-state index is 0.230. The van der Waals surface area contributed by atoms with Crippen LogP contribution in [0.3, 0.4) is 0 Å². The number of nitrogens with one attached hydrogen (secondary N) is 1. The zero-order chi connectivity index (χ0) is 20.9. The van der Waals surface area contributed by atoms with E-state index in [1.165, 1.54) is 4.70 Å². The summed E-state index contributed by atoms with van der Waals surface area (Å²) in [5, 5.41) is 4.23. The van der Waals surface area contributed by atoms with Crippen LogP contribution in [0, 0.1) is 0 Å². The summed E-state index contributed by atoms with van der Waals surface area (Å²) < 4.78 is 3.19. The van der Waals surface area contributed by atoms with Crippen LogP contribution in [-0.2, 0) is 5.75 Å². The molecule has 150 valence electrons. The van der Waals surface area contributed by atoms with Gasteiger partial charge < -0.3 is 0 Å². The molecule has 0 fully saturated rings. The summed E-state index contributed by atoms with van der Waals surface area (Å²) in [4.78, 5) is 17.1. The van der Waals surface area contributed by atoms with Crippen LogP contribution in [0.5, 0.6) is 0 Å². The smallest absolute Gasteiger partial charge is 0.267 e. The third-order valence-electron chi connectivity index (χ3n) is 4.44. The van der Waals surface area contributed by atoms with Crippen molar-refractivity contribution in [1.82, 2.24) is 10.4 Å². The lowest BCUT2D eigenvalue weighted by molar-refractivity contribution is 0.0955. The molecule has 4 rings (SSSR count). The van der Waals surface area contributed by atoms with E-state index in [1.807, 2.05) is 73.7 Å². The third-order valence-corrected chi connectivity index (χ3v) is 7.38. The number of amides is 1. The fourth-order valence-corrected chi connectivity index (χ4v) is 5.42. The number of thioether (sulfide) groups is 1. The summed E-state index contributed by atoms with van der Waals surface area (Å²) in [6, 6.07) is 23.5. The first kappa shape index (κ1) is 20.8. The molecule has 0 aliphatic carbocycles. The highest BCUT2D eigenvalue weighted by atomic mass is 79.9. The van der Waals surface area contributed by atoms with E-state index in [0.29, 0.717) is 5.56 Å². The highest BCUT2D eigenvalue weighted by Crippen LogP contribution is 2.31. The van der Waals surface area contributed by atoms with E-state index in [1.54, 1.807) is 23.1 Å². The van der Waals surface area contributed by atoms with E-state index in [9.17, 15) is 4.79 Å². The summed E-state index contributed by atoms with van der Waals surface area (Å²) in [6.07, 6.45) is 0. The summed E-state index contributed by atoms with van der Waals surface area (Å²) in [5.41, 5.74) is 7.07. The molecule has 1 aromatic heterocycles. The molecule has 0 spiro atoms. The Hall–Kier alpha value is -2.48. The molecular weight excluding hydrogens is 478 g/mol. The Kier molecular flexibility index (Phi) is 6.62. The Morgan fingerprint density at radius 2 is 1.80 bits per heavy atom. The van der Waals surface area contributed by atoms with E-state index in [0.717, 1.165) is 36.9 Å². The molecule has 1 heterocycles. The Morgan fingerprint density at radius 1 is 1.07 bits per heavy atom. The Labute approximate surface area is 191 Å². The van der Waals surface area contributed by atoms with Gasteiger partial charge in [0.15, 0.2) is 4.34 Å². The van der Waals surface area contributed by atoms with E-state index in [-0.39, 0.29) is 5.91 Å². The molecule has 1 N–H and O–H groups in total. The molecule has 0 atom stereocenters. The molecule has 0 radical (unpaired) electrons. The van der Waals surface area contributed by atoms with Crippen LogP contribution in [0.15, 0.2) is 86.7 Å². The maximum absolute atomic E-state index is 12.4. The van der Waals surface area contributed by atoms with Crippen molar-refractivity contribution in [3.8, 4) is 0 Å². The summed E-state index contributed by atoms with van der Waals surface area (Å²) in [6.45, 7) is 1.86. The molecule has 1 amide bonds. The van der Waals surface area contributed by atoms with Crippen LogP contribution in [0.2, 0.25) is 0 Å². The minimum atomic E-state index is -0.230. The number of rotatable bonds is 6. The van der Waals surface area contributed by atoms with Gasteiger partial charge in [-0.25, -0.2) is 10.4 Å². The van der Waals surface area contributed by atoms with Crippen molar-refractivity contribution in [2.45, 2.75) is 17.0 Å². The molecule has 7 heteroatoms. The van der Waals surface area contributed by atoms with E-state index in [4.69, 9.17) is 0 Å². The van der Waals surface area contributed by atoms with Gasteiger partial charge in [-0.05, 0) is 42.8 Å². The monoisotopic (exact) mass is 495 g/mol. The fourth-order valence-electron chi connectivity index (χ4n) is 2.82. The quantitative estimate of drug-likeness (QED) is 0.188. The standard InChI is InChI=1S/C23H18BrN3OS2/c1-15(18-6-2-3-7-19(18)24)26-27-22(28)17-12-10-16(11-13-17)14-29-23-25-20-8-4-5-9-21(20)30-23/h2-13H,14H2,1H3,(H,27,28). The van der Waals surface area contributed by atoms with Gasteiger partial charge >= 0.3 is 0 Å². The number of hydrazone groups is 1. The second-order valence-corrected chi connectivity index (χ2v) is 9.66. The van der Waals surface area contributed by atoms with E-state index >= 15 is 0 Å². The lowest BCUT2D eigenvalue weighted by Gasteiger charge is -2.05. The number of halogens is 1. The van der Waals surface area contributed by atoms with Gasteiger partial charge in [0.25, 0.3) is 5.91 Å². The highest BCUT2D eigenvalue weighted by Gasteiger charge is 2.08. The number of fused-ring (bicyclic) bond motifs is 1. The lowest BCUT2D eigenvalue weighted by Crippen LogP contribution is -2.19. The Morgan fingerprint density at radius 3 is 2.57 bits per heavy atom. The maximum Gasteiger partial charge on any atom is 0.271 e. The number of carbonyl (C=O) groups is 1. The first-order chi connectivity index (χ1) is 14.6. The first-order valence-corrected chi connectivity index (χ1v) is 11.9. The molecule has 0 bridgehead atoms. The number of benzene rings is 3. The Balaban J connectivity index is 1.36. The zero-order valence-electron chi connectivity index (χ0n) is 16.1. The number of nitrogens with zero attached hydrogens (tertiary/aromatic N) is 2. The number of hydrogen-bond donors (Lipinski definition) is 1. The second-order valence-electron chi connectivity index (χ2n) is 6.55. The summed E-state index contributed by atoms with van der Waals surface area (Å²) in [5.74, 6) is 0.577. The molecule has 30 heavy (non-hydrogen) atoms. The van der Waals surface area contributed by atoms with Crippen LogP contribution in [0.1, 0.15) is 28.4 Å². The average molecular weight is 496 g/mol. The van der Waals surface area contributed by atoms with Gasteiger partial charge in [-0.3, -0.25) is 4.79 Å². The zero-order valence-corrected chi connectivity index (χ0v) is 19.4. The minimum Gasteiger partial charge on any atom is -0.267 e. The van der Waals surface area contributed by atoms with Crippen LogP contribution in [0.4, 0.5) is 0 Å². The predicted octanol–water partition coefficient (Wildman–Crippen LogP) is 6.51. The number of carbonyl (C=O) groups excluding carboxylic acids is 1. The largest absolute Gasteiger partial charge is 0.271 e. The van der Waals surface area contributed by atoms with Gasteiger partial charge in [-0.2, -0.15) is 5.10 Å². The van der Waals surface area contributed by atoms with Crippen molar-refractivity contribution in [2.24, 2.45) is 5.10 Å². The number of thiazole rings is 1. The van der Waals surface area contributed by atoms with Gasteiger partial charge in [0.2, 0.25) is 0 Å². The van der Waals surface area contributed by atoms with Crippen molar-refractivity contribution in [1.29, 1.82) is 0 Å². The summed E-state index contributed by atoms with van der Waals surface area (Å²) >= 11 is 6.91. The predicted molar refractivity (Wildman–Crippen MR) is 129 cm³/mol. The Bertz CT molecular complexity index is 1190. The molecule has 0 saturated heterocycles. The number of hydrogen-bond acceptors (Lipinski definition) is 5. The van der Waals surface area contributed by atoms with Gasteiger partial charge in [0, 0.05) is 21.4 Å². The average Bonchev–Trinajstić information content (AvgIpc) is 3.19. The van der Waals surface area contributed by atoms with Gasteiger partial charge in [-0.15, -0.1) is 11.3 Å². The van der Waals surface area contributed by atoms with Crippen LogP contribution >= 0.6 is 39.0 Å². The second kappa shape index (κ2) is 9.55. The van der Waals surface area contributed by atoms with Crippen molar-refractivity contribution in [3.05, 3.63) is 94.0 Å². The van der Waals surface area contributed by atoms with Crippen molar-refractivity contribution in [3.63, 3.8) is 0 Å². The topological polar surface area (TPSA) is 54.4 Å². The van der Waals surface area contributed by atoms with Crippen molar-refractivity contribution in [2.75, 3.05) is 0 Å². The van der Waals surface area contributed by atoms with Crippen molar-refractivity contribution >= 4 is 60.9 Å². The maximum atomic E-state index is 12.4. The molecule has 0 aliphatic heterocycles. The molecule has 4 aromatic rings. The van der Waals surface area contributed by atoms with Crippen molar-refractivity contribution < 1.29 is 4.79 Å². The van der Waals surface area contributed by atoms with Gasteiger partial charge in [0.1, 0.15) is 0 Å². The molecule has 0 unspecified atom stereocenters. The third kappa shape index (κ3) is 4.98. The molecule has 4 nitrogen and oxygen atoms in total. The van der Waals surface area contributed by atoms with Gasteiger partial charge in [-0.1, -0.05) is 70.2 Å². The van der Waals surface area contributed by atoms with Crippen LogP contribution in [0.25, 0.3) is 10.2 Å². The normalized spacial score (nSPS) is 11.6. The molecule has 0 aliphatic rings. The highest BCUT2D eigenvalue weighted by molar-refractivity contribution is 9.10. The van der Waals surface area contributed by atoms with E-state index < -0.39 is 0 Å². The number of aromatic nitrogens is 1. The summed E-state index contributed by atoms with van der Waals surface area (Å²) in [7, 11) is 0. The van der Waals surface area contributed by atoms with Gasteiger partial charge in [0.05, 0.1) is 15.9 Å². The molecule has 3 aromatic carbocycles. The fraction of sp³-hybridized carbons (Fsp3) is 0.0870. The van der Waals surface area contributed by atoms with Crippen LogP contribution < -0.4 is 5.43 Å². The molecular formula is C23H18BrN3OS2. The number of para-hydroxylation sites is 1.